The minimum atomic E-state index is -0.427. The Hall–Kier alpha value is -2.10. The van der Waals surface area contributed by atoms with Gasteiger partial charge in [0.05, 0.1) is 17.4 Å². The summed E-state index contributed by atoms with van der Waals surface area (Å²) in [6, 6.07) is 9.17. The SMILES string of the molecule is O=[N+]([O-])c1cccc(-c2[c]coc2)c1. The van der Waals surface area contributed by atoms with Crippen LogP contribution < -0.4 is 0 Å². The second kappa shape index (κ2) is 3.33. The minimum absolute atomic E-state index is 0.0668. The molecule has 2 aromatic rings. The largest absolute Gasteiger partial charge is 0.471 e. The highest BCUT2D eigenvalue weighted by atomic mass is 16.6. The van der Waals surface area contributed by atoms with Gasteiger partial charge in [-0.3, -0.25) is 10.1 Å². The average Bonchev–Trinajstić information content (AvgIpc) is 2.71. The second-order valence-corrected chi connectivity index (χ2v) is 2.74. The number of hydrogen-bond acceptors (Lipinski definition) is 3. The van der Waals surface area contributed by atoms with Crippen LogP contribution in [-0.2, 0) is 0 Å². The van der Waals surface area contributed by atoms with Gasteiger partial charge in [-0.15, -0.1) is 0 Å². The van der Waals surface area contributed by atoms with Crippen LogP contribution in [0.3, 0.4) is 0 Å². The Bertz CT molecular complexity index is 448. The molecule has 0 saturated heterocycles. The summed E-state index contributed by atoms with van der Waals surface area (Å²) in [5.74, 6) is 0. The summed E-state index contributed by atoms with van der Waals surface area (Å²) in [5, 5.41) is 10.5. The number of benzene rings is 1. The molecule has 0 atom stereocenters. The molecule has 1 aromatic heterocycles. The summed E-state index contributed by atoms with van der Waals surface area (Å²) in [7, 11) is 0. The summed E-state index contributed by atoms with van der Waals surface area (Å²) in [6.07, 6.45) is 2.91. The van der Waals surface area contributed by atoms with Crippen molar-refractivity contribution in [2.24, 2.45) is 0 Å². The van der Waals surface area contributed by atoms with Crippen LogP contribution in [0.5, 0.6) is 0 Å². The molecule has 0 saturated carbocycles. The Balaban J connectivity index is 2.46. The Morgan fingerprint density at radius 3 is 2.93 bits per heavy atom. The van der Waals surface area contributed by atoms with Crippen molar-refractivity contribution in [3.8, 4) is 11.1 Å². The van der Waals surface area contributed by atoms with Crippen LogP contribution in [0.4, 0.5) is 5.69 Å². The van der Waals surface area contributed by atoms with Crippen molar-refractivity contribution in [1.82, 2.24) is 0 Å². The lowest BCUT2D eigenvalue weighted by Crippen LogP contribution is -1.87. The van der Waals surface area contributed by atoms with E-state index in [2.05, 4.69) is 6.07 Å². The van der Waals surface area contributed by atoms with Crippen LogP contribution in [0.15, 0.2) is 41.2 Å². The van der Waals surface area contributed by atoms with Crippen LogP contribution in [-0.4, -0.2) is 4.92 Å². The molecule has 0 fully saturated rings. The molecule has 4 heteroatoms. The zero-order chi connectivity index (χ0) is 9.97. The molecule has 0 spiro atoms. The molecule has 0 aliphatic carbocycles. The highest BCUT2D eigenvalue weighted by Gasteiger charge is 2.07. The third kappa shape index (κ3) is 1.50. The van der Waals surface area contributed by atoms with Gasteiger partial charge in [0.1, 0.15) is 0 Å². The summed E-state index contributed by atoms with van der Waals surface area (Å²) in [5.41, 5.74) is 1.51. The quantitative estimate of drug-likeness (QED) is 0.537. The lowest BCUT2D eigenvalue weighted by molar-refractivity contribution is -0.384. The van der Waals surface area contributed by atoms with Crippen molar-refractivity contribution < 1.29 is 9.34 Å². The number of nitro benzene ring substituents is 1. The van der Waals surface area contributed by atoms with Gasteiger partial charge in [0.15, 0.2) is 0 Å². The molecule has 0 amide bonds. The molecule has 0 aliphatic heterocycles. The first-order valence-electron chi connectivity index (χ1n) is 3.96. The fourth-order valence-electron chi connectivity index (χ4n) is 1.17. The Kier molecular flexibility index (Phi) is 2.02. The van der Waals surface area contributed by atoms with Crippen LogP contribution >= 0.6 is 0 Å². The van der Waals surface area contributed by atoms with Crippen molar-refractivity contribution in [3.63, 3.8) is 0 Å². The third-order valence-corrected chi connectivity index (χ3v) is 1.84. The molecule has 14 heavy (non-hydrogen) atoms. The first-order valence-corrected chi connectivity index (χ1v) is 3.96. The van der Waals surface area contributed by atoms with Crippen LogP contribution in [0.1, 0.15) is 0 Å². The van der Waals surface area contributed by atoms with Gasteiger partial charge < -0.3 is 4.42 Å². The van der Waals surface area contributed by atoms with Crippen LogP contribution in [0.25, 0.3) is 11.1 Å². The van der Waals surface area contributed by atoms with Gasteiger partial charge in [0.2, 0.25) is 0 Å². The van der Waals surface area contributed by atoms with E-state index in [1.807, 2.05) is 0 Å². The number of furan rings is 1. The topological polar surface area (TPSA) is 56.3 Å². The lowest BCUT2D eigenvalue weighted by atomic mass is 10.1. The zero-order valence-corrected chi connectivity index (χ0v) is 7.14. The molecule has 1 aromatic carbocycles. The highest BCUT2D eigenvalue weighted by Crippen LogP contribution is 2.23. The van der Waals surface area contributed by atoms with Gasteiger partial charge in [0.25, 0.3) is 5.69 Å². The molecule has 2 rings (SSSR count). The molecular formula is C10H6NO3. The molecule has 0 bridgehead atoms. The minimum Gasteiger partial charge on any atom is -0.471 e. The van der Waals surface area contributed by atoms with Crippen molar-refractivity contribution in [2.75, 3.05) is 0 Å². The Morgan fingerprint density at radius 1 is 1.43 bits per heavy atom. The van der Waals surface area contributed by atoms with Crippen molar-refractivity contribution in [2.45, 2.75) is 0 Å². The fraction of sp³-hybridized carbons (Fsp3) is 0. The van der Waals surface area contributed by atoms with Gasteiger partial charge in [-0.1, -0.05) is 12.1 Å². The number of nitrogens with zero attached hydrogens (tertiary/aromatic N) is 1. The predicted octanol–water partition coefficient (Wildman–Crippen LogP) is 2.65. The van der Waals surface area contributed by atoms with Crippen molar-refractivity contribution in [3.05, 3.63) is 53.0 Å². The second-order valence-electron chi connectivity index (χ2n) is 2.74. The summed E-state index contributed by atoms with van der Waals surface area (Å²) in [6.45, 7) is 0. The first-order chi connectivity index (χ1) is 6.77. The molecule has 1 heterocycles. The molecule has 1 radical (unpaired) electrons. The van der Waals surface area contributed by atoms with Gasteiger partial charge in [-0.25, -0.2) is 0 Å². The van der Waals surface area contributed by atoms with Gasteiger partial charge in [0, 0.05) is 23.8 Å². The number of rotatable bonds is 2. The van der Waals surface area contributed by atoms with E-state index in [-0.39, 0.29) is 5.69 Å². The van der Waals surface area contributed by atoms with E-state index >= 15 is 0 Å². The van der Waals surface area contributed by atoms with E-state index in [1.54, 1.807) is 12.1 Å². The van der Waals surface area contributed by atoms with E-state index in [0.717, 1.165) is 5.56 Å². The Morgan fingerprint density at radius 2 is 2.29 bits per heavy atom. The van der Waals surface area contributed by atoms with E-state index in [0.29, 0.717) is 5.56 Å². The fourth-order valence-corrected chi connectivity index (χ4v) is 1.17. The maximum atomic E-state index is 10.5. The zero-order valence-electron chi connectivity index (χ0n) is 7.14. The van der Waals surface area contributed by atoms with E-state index in [4.69, 9.17) is 4.42 Å². The van der Waals surface area contributed by atoms with E-state index < -0.39 is 4.92 Å². The third-order valence-electron chi connectivity index (χ3n) is 1.84. The summed E-state index contributed by atoms with van der Waals surface area (Å²) >= 11 is 0. The van der Waals surface area contributed by atoms with Crippen LogP contribution in [0.2, 0.25) is 0 Å². The number of nitro groups is 1. The van der Waals surface area contributed by atoms with Crippen LogP contribution in [0, 0.1) is 16.2 Å². The normalized spacial score (nSPS) is 10.0. The molecule has 0 unspecified atom stereocenters. The average molecular weight is 188 g/mol. The molecule has 0 N–H and O–H groups in total. The van der Waals surface area contributed by atoms with Gasteiger partial charge >= 0.3 is 0 Å². The molecule has 4 nitrogen and oxygen atoms in total. The summed E-state index contributed by atoms with van der Waals surface area (Å²) < 4.78 is 4.84. The summed E-state index contributed by atoms with van der Waals surface area (Å²) in [4.78, 5) is 10.1. The van der Waals surface area contributed by atoms with E-state index in [1.165, 1.54) is 24.7 Å². The monoisotopic (exact) mass is 188 g/mol. The molecular weight excluding hydrogens is 182 g/mol. The molecule has 0 aliphatic rings. The van der Waals surface area contributed by atoms with Gasteiger partial charge in [-0.2, -0.15) is 0 Å². The molecule has 69 valence electrons. The Labute approximate surface area is 79.9 Å². The maximum absolute atomic E-state index is 10.5. The van der Waals surface area contributed by atoms with Crippen molar-refractivity contribution >= 4 is 5.69 Å². The maximum Gasteiger partial charge on any atom is 0.270 e. The van der Waals surface area contributed by atoms with Gasteiger partial charge in [-0.05, 0) is 5.56 Å². The van der Waals surface area contributed by atoms with E-state index in [9.17, 15) is 10.1 Å². The number of non-ortho nitro benzene ring substituents is 1. The lowest BCUT2D eigenvalue weighted by Gasteiger charge is -1.95. The standard InChI is InChI=1S/C10H6NO3/c12-11(13)10-3-1-2-8(6-10)9-4-5-14-7-9/h1-3,5-7H. The highest BCUT2D eigenvalue weighted by molar-refractivity contribution is 5.64. The number of hydrogen-bond donors (Lipinski definition) is 0. The smallest absolute Gasteiger partial charge is 0.270 e. The predicted molar refractivity (Wildman–Crippen MR) is 49.6 cm³/mol. The first kappa shape index (κ1) is 8.50. The van der Waals surface area contributed by atoms with Crippen molar-refractivity contribution in [1.29, 1.82) is 0 Å².